The maximum absolute atomic E-state index is 13.7. The molecular formula is C15H20F3NO. The summed E-state index contributed by atoms with van der Waals surface area (Å²) in [4.78, 5) is 0. The minimum Gasteiger partial charge on any atom is -0.378 e. The van der Waals surface area contributed by atoms with E-state index in [2.05, 4.69) is 5.32 Å². The molecule has 1 aromatic rings. The molecule has 0 saturated heterocycles. The summed E-state index contributed by atoms with van der Waals surface area (Å²) in [5.41, 5.74) is -0.436. The standard InChI is InChI=1S/C15H20F3NO/c1-4-15(3)12(8-13(15)20-5-2)19-14-10(17)6-9(16)7-11(14)18/h6-7,12-13,19H,4-5,8H2,1-3H3. The Kier molecular flexibility index (Phi) is 4.28. The molecule has 0 aliphatic heterocycles. The Hall–Kier alpha value is -1.23. The molecule has 0 amide bonds. The van der Waals surface area contributed by atoms with E-state index in [4.69, 9.17) is 4.74 Å². The lowest BCUT2D eigenvalue weighted by Gasteiger charge is -2.53. The van der Waals surface area contributed by atoms with E-state index in [1.807, 2.05) is 20.8 Å². The van der Waals surface area contributed by atoms with E-state index < -0.39 is 17.5 Å². The summed E-state index contributed by atoms with van der Waals surface area (Å²) in [5, 5.41) is 2.88. The summed E-state index contributed by atoms with van der Waals surface area (Å²) in [5.74, 6) is -2.72. The molecule has 5 heteroatoms. The number of anilines is 1. The molecule has 3 atom stereocenters. The van der Waals surface area contributed by atoms with E-state index in [0.29, 0.717) is 25.2 Å². The number of rotatable bonds is 5. The number of ether oxygens (including phenoxy) is 1. The van der Waals surface area contributed by atoms with Crippen molar-refractivity contribution in [2.45, 2.75) is 45.8 Å². The molecule has 2 nitrogen and oxygen atoms in total. The minimum atomic E-state index is -0.912. The molecule has 1 aliphatic carbocycles. The van der Waals surface area contributed by atoms with Crippen molar-refractivity contribution in [3.05, 3.63) is 29.6 Å². The van der Waals surface area contributed by atoms with Crippen LogP contribution in [-0.4, -0.2) is 18.8 Å². The van der Waals surface area contributed by atoms with Crippen LogP contribution in [-0.2, 0) is 4.74 Å². The summed E-state index contributed by atoms with van der Waals surface area (Å²) < 4.78 is 45.9. The molecule has 1 saturated carbocycles. The molecule has 112 valence electrons. The van der Waals surface area contributed by atoms with Crippen LogP contribution < -0.4 is 5.32 Å². The van der Waals surface area contributed by atoms with E-state index in [9.17, 15) is 13.2 Å². The SMILES string of the molecule is CCOC1CC(Nc2c(F)cc(F)cc2F)C1(C)CC. The van der Waals surface area contributed by atoms with E-state index in [-0.39, 0.29) is 23.2 Å². The molecule has 1 fully saturated rings. The van der Waals surface area contributed by atoms with Crippen LogP contribution >= 0.6 is 0 Å². The predicted octanol–water partition coefficient (Wildman–Crippen LogP) is 4.11. The largest absolute Gasteiger partial charge is 0.378 e. The van der Waals surface area contributed by atoms with Gasteiger partial charge in [-0.05, 0) is 19.8 Å². The van der Waals surface area contributed by atoms with Gasteiger partial charge in [-0.3, -0.25) is 0 Å². The molecule has 0 heterocycles. The first kappa shape index (κ1) is 15.2. The maximum atomic E-state index is 13.7. The first-order valence-corrected chi connectivity index (χ1v) is 6.95. The van der Waals surface area contributed by atoms with Gasteiger partial charge in [0.05, 0.1) is 6.10 Å². The third kappa shape index (κ3) is 2.51. The highest BCUT2D eigenvalue weighted by Gasteiger charge is 2.51. The second kappa shape index (κ2) is 5.64. The number of hydrogen-bond donors (Lipinski definition) is 1. The molecule has 1 N–H and O–H groups in total. The quantitative estimate of drug-likeness (QED) is 0.880. The van der Waals surface area contributed by atoms with Crippen LogP contribution in [0.5, 0.6) is 0 Å². The Bertz CT molecular complexity index is 471. The van der Waals surface area contributed by atoms with Crippen molar-refractivity contribution in [2.24, 2.45) is 5.41 Å². The van der Waals surface area contributed by atoms with Gasteiger partial charge in [0.1, 0.15) is 11.5 Å². The van der Waals surface area contributed by atoms with Crippen molar-refractivity contribution in [3.63, 3.8) is 0 Å². The maximum Gasteiger partial charge on any atom is 0.152 e. The summed E-state index contributed by atoms with van der Waals surface area (Å²) >= 11 is 0. The van der Waals surface area contributed by atoms with Crippen molar-refractivity contribution in [2.75, 3.05) is 11.9 Å². The fourth-order valence-corrected chi connectivity index (χ4v) is 2.83. The van der Waals surface area contributed by atoms with E-state index >= 15 is 0 Å². The summed E-state index contributed by atoms with van der Waals surface area (Å²) in [6.45, 7) is 6.60. The summed E-state index contributed by atoms with van der Waals surface area (Å²) in [7, 11) is 0. The average Bonchev–Trinajstić information content (AvgIpc) is 2.39. The fraction of sp³-hybridized carbons (Fsp3) is 0.600. The van der Waals surface area contributed by atoms with Gasteiger partial charge in [-0.15, -0.1) is 0 Å². The number of benzene rings is 1. The Morgan fingerprint density at radius 2 is 1.85 bits per heavy atom. The number of halogens is 3. The van der Waals surface area contributed by atoms with Crippen molar-refractivity contribution < 1.29 is 17.9 Å². The number of nitrogens with one attached hydrogen (secondary N) is 1. The smallest absolute Gasteiger partial charge is 0.152 e. The first-order chi connectivity index (χ1) is 9.42. The van der Waals surface area contributed by atoms with Crippen LogP contribution in [0.4, 0.5) is 18.9 Å². The second-order valence-corrected chi connectivity index (χ2v) is 5.48. The zero-order valence-corrected chi connectivity index (χ0v) is 12.0. The van der Waals surface area contributed by atoms with Crippen LogP contribution in [0.2, 0.25) is 0 Å². The Balaban J connectivity index is 2.16. The zero-order valence-electron chi connectivity index (χ0n) is 12.0. The van der Waals surface area contributed by atoms with Gasteiger partial charge >= 0.3 is 0 Å². The minimum absolute atomic E-state index is 0.0847. The zero-order chi connectivity index (χ0) is 14.9. The van der Waals surface area contributed by atoms with Gasteiger partial charge in [0, 0.05) is 30.2 Å². The molecular weight excluding hydrogens is 267 g/mol. The first-order valence-electron chi connectivity index (χ1n) is 6.95. The monoisotopic (exact) mass is 287 g/mol. The molecule has 1 aliphatic rings. The Morgan fingerprint density at radius 1 is 1.25 bits per heavy atom. The van der Waals surface area contributed by atoms with Gasteiger partial charge in [-0.1, -0.05) is 13.8 Å². The van der Waals surface area contributed by atoms with Gasteiger partial charge in [-0.25, -0.2) is 13.2 Å². The van der Waals surface area contributed by atoms with Crippen molar-refractivity contribution in [1.82, 2.24) is 0 Å². The molecule has 1 aromatic carbocycles. The molecule has 0 spiro atoms. The molecule has 0 bridgehead atoms. The van der Waals surface area contributed by atoms with Crippen LogP contribution in [0, 0.1) is 22.9 Å². The van der Waals surface area contributed by atoms with Gasteiger partial charge in [0.25, 0.3) is 0 Å². The van der Waals surface area contributed by atoms with Crippen molar-refractivity contribution in [1.29, 1.82) is 0 Å². The Labute approximate surface area is 117 Å². The van der Waals surface area contributed by atoms with Gasteiger partial charge < -0.3 is 10.1 Å². The van der Waals surface area contributed by atoms with Gasteiger partial charge in [0.15, 0.2) is 11.6 Å². The lowest BCUT2D eigenvalue weighted by Crippen LogP contribution is -2.59. The third-order valence-electron chi connectivity index (χ3n) is 4.44. The molecule has 3 unspecified atom stereocenters. The van der Waals surface area contributed by atoms with Crippen LogP contribution in [0.15, 0.2) is 12.1 Å². The Morgan fingerprint density at radius 3 is 2.35 bits per heavy atom. The highest BCUT2D eigenvalue weighted by molar-refractivity contribution is 5.48. The topological polar surface area (TPSA) is 21.3 Å². The highest BCUT2D eigenvalue weighted by atomic mass is 19.1. The normalized spacial score (nSPS) is 29.1. The second-order valence-electron chi connectivity index (χ2n) is 5.48. The molecule has 20 heavy (non-hydrogen) atoms. The third-order valence-corrected chi connectivity index (χ3v) is 4.44. The summed E-state index contributed by atoms with van der Waals surface area (Å²) in [6.07, 6.45) is 1.61. The van der Waals surface area contributed by atoms with Crippen molar-refractivity contribution >= 4 is 5.69 Å². The van der Waals surface area contributed by atoms with Crippen LogP contribution in [0.1, 0.15) is 33.6 Å². The van der Waals surface area contributed by atoms with Crippen molar-refractivity contribution in [3.8, 4) is 0 Å². The van der Waals surface area contributed by atoms with Gasteiger partial charge in [-0.2, -0.15) is 0 Å². The van der Waals surface area contributed by atoms with Gasteiger partial charge in [0.2, 0.25) is 0 Å². The van der Waals surface area contributed by atoms with Crippen LogP contribution in [0.3, 0.4) is 0 Å². The molecule has 0 radical (unpaired) electrons. The average molecular weight is 287 g/mol. The molecule has 2 rings (SSSR count). The molecule has 0 aromatic heterocycles. The van der Waals surface area contributed by atoms with E-state index in [1.165, 1.54) is 0 Å². The summed E-state index contributed by atoms with van der Waals surface area (Å²) in [6, 6.07) is 1.29. The predicted molar refractivity (Wildman–Crippen MR) is 72.2 cm³/mol. The van der Waals surface area contributed by atoms with E-state index in [0.717, 1.165) is 6.42 Å². The van der Waals surface area contributed by atoms with Crippen LogP contribution in [0.25, 0.3) is 0 Å². The fourth-order valence-electron chi connectivity index (χ4n) is 2.83. The number of hydrogen-bond acceptors (Lipinski definition) is 2. The lowest BCUT2D eigenvalue weighted by atomic mass is 9.61. The van der Waals surface area contributed by atoms with E-state index in [1.54, 1.807) is 0 Å². The highest BCUT2D eigenvalue weighted by Crippen LogP contribution is 2.47. The lowest BCUT2D eigenvalue weighted by molar-refractivity contribution is -0.109.